The molecular formula is C17H18Cl2N4O. The average molecular weight is 365 g/mol. The highest BCUT2D eigenvalue weighted by atomic mass is 35.5. The highest BCUT2D eigenvalue weighted by molar-refractivity contribution is 6.43. The van der Waals surface area contributed by atoms with Crippen molar-refractivity contribution in [3.05, 3.63) is 46.1 Å². The van der Waals surface area contributed by atoms with Crippen molar-refractivity contribution >= 4 is 40.6 Å². The minimum Gasteiger partial charge on any atom is -0.337 e. The summed E-state index contributed by atoms with van der Waals surface area (Å²) < 4.78 is 0. The highest BCUT2D eigenvalue weighted by Gasteiger charge is 2.18. The normalized spacial score (nSPS) is 15.0. The molecule has 1 aromatic carbocycles. The fourth-order valence-corrected chi connectivity index (χ4v) is 3.03. The van der Waals surface area contributed by atoms with Crippen LogP contribution in [0, 0.1) is 0 Å². The average Bonchev–Trinajstić information content (AvgIpc) is 2.88. The summed E-state index contributed by atoms with van der Waals surface area (Å²) in [7, 11) is 0. The second kappa shape index (κ2) is 7.81. The van der Waals surface area contributed by atoms with E-state index in [1.807, 2.05) is 4.90 Å². The molecule has 0 radical (unpaired) electrons. The topological polar surface area (TPSA) is 58.1 Å². The van der Waals surface area contributed by atoms with Gasteiger partial charge >= 0.3 is 0 Å². The van der Waals surface area contributed by atoms with E-state index in [0.29, 0.717) is 27.2 Å². The number of rotatable bonds is 3. The molecule has 1 aliphatic rings. The van der Waals surface area contributed by atoms with Crippen LogP contribution in [-0.4, -0.2) is 34.1 Å². The lowest BCUT2D eigenvalue weighted by Crippen LogP contribution is -2.32. The molecule has 1 aliphatic heterocycles. The second-order valence-electron chi connectivity index (χ2n) is 5.74. The van der Waals surface area contributed by atoms with Crippen LogP contribution in [-0.2, 0) is 0 Å². The van der Waals surface area contributed by atoms with Crippen molar-refractivity contribution < 1.29 is 4.79 Å². The fourth-order valence-electron chi connectivity index (χ4n) is 2.69. The number of hydrogen-bond donors (Lipinski definition) is 1. The number of carbonyl (C=O) groups is 1. The van der Waals surface area contributed by atoms with E-state index in [-0.39, 0.29) is 5.91 Å². The van der Waals surface area contributed by atoms with E-state index in [9.17, 15) is 4.79 Å². The number of likely N-dealkylation sites (tertiary alicyclic amines) is 1. The minimum absolute atomic E-state index is 0.0586. The zero-order valence-corrected chi connectivity index (χ0v) is 14.6. The summed E-state index contributed by atoms with van der Waals surface area (Å²) in [5.41, 5.74) is 1.00. The van der Waals surface area contributed by atoms with Crippen molar-refractivity contribution in [2.75, 3.05) is 18.4 Å². The first-order valence-electron chi connectivity index (χ1n) is 7.99. The third-order valence-corrected chi connectivity index (χ3v) is 4.81. The van der Waals surface area contributed by atoms with Gasteiger partial charge in [-0.2, -0.15) is 0 Å². The predicted molar refractivity (Wildman–Crippen MR) is 96.1 cm³/mol. The molecule has 0 aliphatic carbocycles. The molecule has 126 valence electrons. The first-order chi connectivity index (χ1) is 11.6. The van der Waals surface area contributed by atoms with Crippen molar-refractivity contribution in [2.45, 2.75) is 25.7 Å². The first-order valence-corrected chi connectivity index (χ1v) is 8.75. The van der Waals surface area contributed by atoms with Gasteiger partial charge in [0.1, 0.15) is 0 Å². The van der Waals surface area contributed by atoms with E-state index in [2.05, 4.69) is 15.5 Å². The van der Waals surface area contributed by atoms with Gasteiger partial charge in [0.2, 0.25) is 0 Å². The summed E-state index contributed by atoms with van der Waals surface area (Å²) in [6, 6.07) is 8.70. The van der Waals surface area contributed by atoms with Gasteiger partial charge in [0.05, 0.1) is 15.7 Å². The second-order valence-corrected chi connectivity index (χ2v) is 6.52. The van der Waals surface area contributed by atoms with E-state index in [4.69, 9.17) is 23.2 Å². The van der Waals surface area contributed by atoms with Crippen molar-refractivity contribution in [3.63, 3.8) is 0 Å². The smallest absolute Gasteiger partial charge is 0.274 e. The molecule has 1 fully saturated rings. The number of carbonyl (C=O) groups excluding carboxylic acids is 1. The molecule has 3 rings (SSSR count). The van der Waals surface area contributed by atoms with Crippen LogP contribution in [0.4, 0.5) is 11.5 Å². The lowest BCUT2D eigenvalue weighted by atomic mass is 10.2. The minimum atomic E-state index is -0.0586. The Morgan fingerprint density at radius 1 is 1.00 bits per heavy atom. The summed E-state index contributed by atoms with van der Waals surface area (Å²) in [5.74, 6) is 0.448. The number of benzene rings is 1. The molecule has 2 aromatic rings. The third kappa shape index (κ3) is 3.97. The van der Waals surface area contributed by atoms with Crippen LogP contribution in [0.15, 0.2) is 30.3 Å². The molecule has 0 saturated carbocycles. The molecular weight excluding hydrogens is 347 g/mol. The Morgan fingerprint density at radius 2 is 1.75 bits per heavy atom. The maximum absolute atomic E-state index is 12.5. The van der Waals surface area contributed by atoms with E-state index >= 15 is 0 Å². The summed E-state index contributed by atoms with van der Waals surface area (Å²) in [5, 5.41) is 12.1. The number of anilines is 2. The van der Waals surface area contributed by atoms with E-state index < -0.39 is 0 Å². The molecule has 7 heteroatoms. The first kappa shape index (κ1) is 17.0. The summed E-state index contributed by atoms with van der Waals surface area (Å²) in [4.78, 5) is 14.3. The van der Waals surface area contributed by atoms with Gasteiger partial charge in [-0.1, -0.05) is 42.1 Å². The Bertz CT molecular complexity index is 713. The summed E-state index contributed by atoms with van der Waals surface area (Å²) in [6.45, 7) is 1.58. The Labute approximate surface area is 151 Å². The van der Waals surface area contributed by atoms with Gasteiger partial charge in [-0.25, -0.2) is 0 Å². The van der Waals surface area contributed by atoms with Gasteiger partial charge in [-0.05, 0) is 37.1 Å². The monoisotopic (exact) mass is 364 g/mol. The van der Waals surface area contributed by atoms with Crippen molar-refractivity contribution in [1.82, 2.24) is 15.1 Å². The zero-order valence-electron chi connectivity index (χ0n) is 13.1. The largest absolute Gasteiger partial charge is 0.337 e. The number of halogens is 2. The van der Waals surface area contributed by atoms with Gasteiger partial charge in [-0.15, -0.1) is 10.2 Å². The van der Waals surface area contributed by atoms with Gasteiger partial charge in [0.15, 0.2) is 11.5 Å². The fraction of sp³-hybridized carbons (Fsp3) is 0.353. The highest BCUT2D eigenvalue weighted by Crippen LogP contribution is 2.31. The van der Waals surface area contributed by atoms with Crippen LogP contribution >= 0.6 is 23.2 Å². The van der Waals surface area contributed by atoms with Gasteiger partial charge in [0, 0.05) is 13.1 Å². The molecule has 1 amide bonds. The molecule has 1 saturated heterocycles. The maximum atomic E-state index is 12.5. The lowest BCUT2D eigenvalue weighted by Gasteiger charge is -2.19. The van der Waals surface area contributed by atoms with Crippen molar-refractivity contribution in [1.29, 1.82) is 0 Å². The molecule has 0 spiro atoms. The molecule has 0 bridgehead atoms. The van der Waals surface area contributed by atoms with E-state index in [0.717, 1.165) is 25.9 Å². The Kier molecular flexibility index (Phi) is 5.53. The van der Waals surface area contributed by atoms with Gasteiger partial charge < -0.3 is 10.2 Å². The number of aromatic nitrogens is 2. The molecule has 1 N–H and O–H groups in total. The summed E-state index contributed by atoms with van der Waals surface area (Å²) >= 11 is 12.1. The number of nitrogens with one attached hydrogen (secondary N) is 1. The maximum Gasteiger partial charge on any atom is 0.274 e. The molecule has 0 unspecified atom stereocenters. The Hall–Kier alpha value is -1.85. The summed E-state index contributed by atoms with van der Waals surface area (Å²) in [6.07, 6.45) is 4.45. The van der Waals surface area contributed by atoms with Crippen LogP contribution < -0.4 is 5.32 Å². The Balaban J connectivity index is 1.71. The van der Waals surface area contributed by atoms with Crippen LogP contribution in [0.5, 0.6) is 0 Å². The number of amides is 1. The standard InChI is InChI=1S/C17H18Cl2N4O/c18-12-6-5-7-13(16(12)19)20-15-9-8-14(21-22-15)17(24)23-10-3-1-2-4-11-23/h5-9H,1-4,10-11H2,(H,20,22). The van der Waals surface area contributed by atoms with Gasteiger partial charge in [-0.3, -0.25) is 4.79 Å². The molecule has 2 heterocycles. The molecule has 0 atom stereocenters. The van der Waals surface area contributed by atoms with Crippen molar-refractivity contribution in [3.8, 4) is 0 Å². The van der Waals surface area contributed by atoms with E-state index in [1.54, 1.807) is 30.3 Å². The SMILES string of the molecule is O=C(c1ccc(Nc2cccc(Cl)c2Cl)nn1)N1CCCCCC1. The lowest BCUT2D eigenvalue weighted by molar-refractivity contribution is 0.0754. The van der Waals surface area contributed by atoms with Gasteiger partial charge in [0.25, 0.3) is 5.91 Å². The van der Waals surface area contributed by atoms with Crippen LogP contribution in [0.3, 0.4) is 0 Å². The van der Waals surface area contributed by atoms with E-state index in [1.165, 1.54) is 12.8 Å². The predicted octanol–water partition coefficient (Wildman–Crippen LogP) is 4.54. The number of hydrogen-bond acceptors (Lipinski definition) is 4. The van der Waals surface area contributed by atoms with Crippen LogP contribution in [0.1, 0.15) is 36.2 Å². The molecule has 1 aromatic heterocycles. The van der Waals surface area contributed by atoms with Crippen LogP contribution in [0.2, 0.25) is 10.0 Å². The Morgan fingerprint density at radius 3 is 2.42 bits per heavy atom. The van der Waals surface area contributed by atoms with Crippen LogP contribution in [0.25, 0.3) is 0 Å². The van der Waals surface area contributed by atoms with Crippen molar-refractivity contribution in [2.24, 2.45) is 0 Å². The number of nitrogens with zero attached hydrogens (tertiary/aromatic N) is 3. The third-order valence-electron chi connectivity index (χ3n) is 3.99. The zero-order chi connectivity index (χ0) is 16.9. The molecule has 24 heavy (non-hydrogen) atoms. The quantitative estimate of drug-likeness (QED) is 0.867. The molecule has 5 nitrogen and oxygen atoms in total.